The molecule has 1 fully saturated rings. The fourth-order valence-electron chi connectivity index (χ4n) is 3.38. The van der Waals surface area contributed by atoms with E-state index < -0.39 is 15.8 Å². The van der Waals surface area contributed by atoms with Gasteiger partial charge in [-0.2, -0.15) is 4.31 Å². The van der Waals surface area contributed by atoms with Crippen molar-refractivity contribution in [3.05, 3.63) is 66.2 Å². The Morgan fingerprint density at radius 1 is 1.00 bits per heavy atom. The van der Waals surface area contributed by atoms with E-state index >= 15 is 0 Å². The lowest BCUT2D eigenvalue weighted by molar-refractivity contribution is 0.316. The van der Waals surface area contributed by atoms with Crippen molar-refractivity contribution in [2.24, 2.45) is 0 Å². The van der Waals surface area contributed by atoms with Crippen LogP contribution in [-0.4, -0.2) is 35.8 Å². The molecule has 26 heavy (non-hydrogen) atoms. The Labute approximate surface area is 151 Å². The smallest absolute Gasteiger partial charge is 0.237 e. The monoisotopic (exact) mass is 371 g/mol. The van der Waals surface area contributed by atoms with Crippen LogP contribution in [0.1, 0.15) is 24.5 Å². The van der Waals surface area contributed by atoms with E-state index in [1.165, 1.54) is 28.6 Å². The van der Waals surface area contributed by atoms with Gasteiger partial charge in [-0.05, 0) is 49.2 Å². The molecule has 134 valence electrons. The predicted octanol–water partition coefficient (Wildman–Crippen LogP) is 3.34. The molecule has 0 radical (unpaired) electrons. The molecule has 1 saturated heterocycles. The summed E-state index contributed by atoms with van der Waals surface area (Å²) in [6.07, 6.45) is 3.01. The average Bonchev–Trinajstić information content (AvgIpc) is 2.68. The maximum atomic E-state index is 13.9. The van der Waals surface area contributed by atoms with Gasteiger partial charge in [-0.1, -0.05) is 12.1 Å². The van der Waals surface area contributed by atoms with Crippen LogP contribution in [0.15, 0.2) is 59.6 Å². The molecule has 0 bridgehead atoms. The molecule has 0 aliphatic carbocycles. The van der Waals surface area contributed by atoms with Gasteiger partial charge in [0, 0.05) is 36.3 Å². The molecular weight excluding hydrogens is 353 g/mol. The van der Waals surface area contributed by atoms with Crippen molar-refractivity contribution in [3.8, 4) is 0 Å². The number of benzene rings is 1. The van der Waals surface area contributed by atoms with Gasteiger partial charge in [0.25, 0.3) is 0 Å². The third-order valence-electron chi connectivity index (χ3n) is 4.81. The summed E-state index contributed by atoms with van der Waals surface area (Å²) in [5, 5.41) is 0.982. The summed E-state index contributed by atoms with van der Waals surface area (Å²) >= 11 is 0. The summed E-state index contributed by atoms with van der Waals surface area (Å²) < 4.78 is 40.6. The highest BCUT2D eigenvalue weighted by Crippen LogP contribution is 2.31. The molecular formula is C19H18FN3O2S. The van der Waals surface area contributed by atoms with Gasteiger partial charge in [0.05, 0.1) is 0 Å². The zero-order chi connectivity index (χ0) is 18.1. The normalized spacial score (nSPS) is 16.8. The zero-order valence-corrected chi connectivity index (χ0v) is 14.9. The average molecular weight is 371 g/mol. The molecule has 0 unspecified atom stereocenters. The fourth-order valence-corrected chi connectivity index (χ4v) is 4.91. The Hall–Kier alpha value is -2.38. The summed E-state index contributed by atoms with van der Waals surface area (Å²) in [6.45, 7) is 0.701. The lowest BCUT2D eigenvalue weighted by Gasteiger charge is -2.31. The van der Waals surface area contributed by atoms with Crippen LogP contribution >= 0.6 is 0 Å². The Morgan fingerprint density at radius 2 is 1.77 bits per heavy atom. The summed E-state index contributed by atoms with van der Waals surface area (Å²) in [5.74, 6) is -0.537. The number of fused-ring (bicyclic) bond motifs is 1. The first-order chi connectivity index (χ1) is 12.6. The number of nitrogens with zero attached hydrogens (tertiary/aromatic N) is 3. The van der Waals surface area contributed by atoms with Crippen LogP contribution in [-0.2, 0) is 10.0 Å². The quantitative estimate of drug-likeness (QED) is 0.708. The van der Waals surface area contributed by atoms with E-state index in [9.17, 15) is 12.8 Å². The molecule has 7 heteroatoms. The highest BCUT2D eigenvalue weighted by atomic mass is 32.2. The van der Waals surface area contributed by atoms with Gasteiger partial charge < -0.3 is 0 Å². The van der Waals surface area contributed by atoms with Crippen LogP contribution in [0.3, 0.4) is 0 Å². The third-order valence-corrected chi connectivity index (χ3v) is 6.74. The van der Waals surface area contributed by atoms with Crippen LogP contribution in [0, 0.1) is 5.82 Å². The van der Waals surface area contributed by atoms with Crippen LogP contribution in [0.2, 0.25) is 0 Å². The number of hydrogen-bond acceptors (Lipinski definition) is 4. The van der Waals surface area contributed by atoms with Gasteiger partial charge in [-0.3, -0.25) is 0 Å². The van der Waals surface area contributed by atoms with Crippen LogP contribution < -0.4 is 0 Å². The minimum atomic E-state index is -3.81. The minimum Gasteiger partial charge on any atom is -0.237 e. The van der Waals surface area contributed by atoms with Crippen molar-refractivity contribution in [1.82, 2.24) is 14.3 Å². The minimum absolute atomic E-state index is 0.175. The van der Waals surface area contributed by atoms with Gasteiger partial charge in [0.15, 0.2) is 5.65 Å². The number of rotatable bonds is 3. The topological polar surface area (TPSA) is 63.2 Å². The Morgan fingerprint density at radius 3 is 2.54 bits per heavy atom. The fraction of sp³-hybridized carbons (Fsp3) is 0.263. The third kappa shape index (κ3) is 3.08. The van der Waals surface area contributed by atoms with Crippen LogP contribution in [0.5, 0.6) is 0 Å². The second-order valence-electron chi connectivity index (χ2n) is 6.40. The van der Waals surface area contributed by atoms with Gasteiger partial charge >= 0.3 is 0 Å². The number of hydrogen-bond donors (Lipinski definition) is 0. The maximum Gasteiger partial charge on any atom is 0.245 e. The zero-order valence-electron chi connectivity index (χ0n) is 14.0. The van der Waals surface area contributed by atoms with Crippen molar-refractivity contribution < 1.29 is 12.8 Å². The maximum absolute atomic E-state index is 13.9. The van der Waals surface area contributed by atoms with E-state index in [-0.39, 0.29) is 10.8 Å². The molecule has 0 N–H and O–H groups in total. The molecule has 4 rings (SSSR count). The Bertz CT molecular complexity index is 1050. The second kappa shape index (κ2) is 6.74. The largest absolute Gasteiger partial charge is 0.245 e. The summed E-state index contributed by atoms with van der Waals surface area (Å²) in [6, 6.07) is 13.3. The molecule has 0 amide bonds. The first-order valence-corrected chi connectivity index (χ1v) is 9.96. The molecule has 0 spiro atoms. The van der Waals surface area contributed by atoms with Crippen LogP contribution in [0.4, 0.5) is 4.39 Å². The second-order valence-corrected chi connectivity index (χ2v) is 8.30. The molecule has 0 saturated carbocycles. The lowest BCUT2D eigenvalue weighted by atomic mass is 9.94. The van der Waals surface area contributed by atoms with Crippen molar-refractivity contribution >= 4 is 21.1 Å². The molecule has 0 atom stereocenters. The standard InChI is InChI=1S/C19H18FN3O2S/c20-16-5-1-2-6-18(16)26(24,25)23-12-9-14(10-13-23)17-8-7-15-4-3-11-21-19(15)22-17/h1-8,11,14H,9-10,12-13H2. The number of piperidine rings is 1. The number of pyridine rings is 2. The first-order valence-electron chi connectivity index (χ1n) is 8.52. The summed E-state index contributed by atoms with van der Waals surface area (Å²) in [4.78, 5) is 8.64. The predicted molar refractivity (Wildman–Crippen MR) is 96.7 cm³/mol. The molecule has 2 aromatic heterocycles. The number of aromatic nitrogens is 2. The Balaban J connectivity index is 1.52. The van der Waals surface area contributed by atoms with Crippen molar-refractivity contribution in [2.45, 2.75) is 23.7 Å². The summed E-state index contributed by atoms with van der Waals surface area (Å²) in [5.41, 5.74) is 1.63. The van der Waals surface area contributed by atoms with E-state index in [1.54, 1.807) is 6.20 Å². The SMILES string of the molecule is O=S(=O)(c1ccccc1F)N1CCC(c2ccc3cccnc3n2)CC1. The molecule has 3 heterocycles. The lowest BCUT2D eigenvalue weighted by Crippen LogP contribution is -2.38. The summed E-state index contributed by atoms with van der Waals surface area (Å²) in [7, 11) is -3.81. The van der Waals surface area contributed by atoms with Gasteiger partial charge in [0.1, 0.15) is 10.7 Å². The van der Waals surface area contributed by atoms with Gasteiger partial charge in [-0.15, -0.1) is 0 Å². The van der Waals surface area contributed by atoms with E-state index in [4.69, 9.17) is 0 Å². The van der Waals surface area contributed by atoms with E-state index in [0.717, 1.165) is 11.1 Å². The van der Waals surface area contributed by atoms with Gasteiger partial charge in [0.2, 0.25) is 10.0 Å². The van der Waals surface area contributed by atoms with Crippen molar-refractivity contribution in [1.29, 1.82) is 0 Å². The molecule has 3 aromatic rings. The highest BCUT2D eigenvalue weighted by molar-refractivity contribution is 7.89. The van der Waals surface area contributed by atoms with E-state index in [0.29, 0.717) is 31.6 Å². The van der Waals surface area contributed by atoms with Crippen LogP contribution in [0.25, 0.3) is 11.0 Å². The van der Waals surface area contributed by atoms with E-state index in [1.807, 2.05) is 24.3 Å². The number of halogens is 1. The Kier molecular flexibility index (Phi) is 4.42. The number of sulfonamides is 1. The molecule has 1 aliphatic heterocycles. The highest BCUT2D eigenvalue weighted by Gasteiger charge is 2.32. The van der Waals surface area contributed by atoms with Crippen molar-refractivity contribution in [2.75, 3.05) is 13.1 Å². The molecule has 1 aromatic carbocycles. The van der Waals surface area contributed by atoms with Gasteiger partial charge in [-0.25, -0.2) is 22.8 Å². The molecule has 1 aliphatic rings. The van der Waals surface area contributed by atoms with Crippen molar-refractivity contribution in [3.63, 3.8) is 0 Å². The van der Waals surface area contributed by atoms with E-state index in [2.05, 4.69) is 9.97 Å². The molecule has 5 nitrogen and oxygen atoms in total. The first kappa shape index (κ1) is 17.1.